The fraction of sp³-hybridized carbons (Fsp3) is 0.280. The minimum atomic E-state index is -0.705. The summed E-state index contributed by atoms with van der Waals surface area (Å²) in [6.45, 7) is 3.99. The first-order valence-electron chi connectivity index (χ1n) is 10.7. The van der Waals surface area contributed by atoms with Crippen molar-refractivity contribution in [3.8, 4) is 10.6 Å². The first-order chi connectivity index (χ1) is 15.4. The van der Waals surface area contributed by atoms with Crippen molar-refractivity contribution < 1.29 is 14.4 Å². The van der Waals surface area contributed by atoms with Crippen molar-refractivity contribution in [3.63, 3.8) is 0 Å². The molecule has 164 valence electrons. The summed E-state index contributed by atoms with van der Waals surface area (Å²) in [4.78, 5) is 41.2. The number of piperidine rings is 1. The predicted octanol–water partition coefficient (Wildman–Crippen LogP) is 4.38. The molecule has 3 amide bonds. The summed E-state index contributed by atoms with van der Waals surface area (Å²) in [5, 5.41) is 8.16. The minimum Gasteiger partial charge on any atom is -0.326 e. The van der Waals surface area contributed by atoms with Gasteiger partial charge in [0.15, 0.2) is 0 Å². The second-order valence-corrected chi connectivity index (χ2v) is 8.98. The van der Waals surface area contributed by atoms with Gasteiger partial charge in [-0.05, 0) is 37.5 Å². The Morgan fingerprint density at radius 2 is 1.84 bits per heavy atom. The number of carbonyl (C=O) groups is 3. The summed E-state index contributed by atoms with van der Waals surface area (Å²) in [7, 11) is 0. The lowest BCUT2D eigenvalue weighted by Gasteiger charge is -2.35. The number of imide groups is 1. The lowest BCUT2D eigenvalue weighted by molar-refractivity contribution is -0.138. The molecule has 1 fully saturated rings. The van der Waals surface area contributed by atoms with E-state index in [9.17, 15) is 14.4 Å². The maximum Gasteiger partial charge on any atom is 0.237 e. The van der Waals surface area contributed by atoms with Crippen LogP contribution in [0.4, 0.5) is 5.69 Å². The first kappa shape index (κ1) is 21.9. The van der Waals surface area contributed by atoms with E-state index in [1.165, 1.54) is 16.9 Å². The maximum atomic E-state index is 12.5. The molecule has 4 rings (SSSR count). The summed E-state index contributed by atoms with van der Waals surface area (Å²) >= 11 is 1.52. The molecule has 1 saturated heterocycles. The van der Waals surface area contributed by atoms with E-state index in [-0.39, 0.29) is 24.1 Å². The highest BCUT2D eigenvalue weighted by molar-refractivity contribution is 7.13. The smallest absolute Gasteiger partial charge is 0.237 e. The molecule has 32 heavy (non-hydrogen) atoms. The minimum absolute atomic E-state index is 0.148. The Kier molecular flexibility index (Phi) is 6.19. The van der Waals surface area contributed by atoms with Crippen molar-refractivity contribution in [2.24, 2.45) is 0 Å². The van der Waals surface area contributed by atoms with Crippen LogP contribution in [0.1, 0.15) is 43.0 Å². The van der Waals surface area contributed by atoms with Crippen molar-refractivity contribution in [2.45, 2.75) is 44.9 Å². The zero-order chi connectivity index (χ0) is 22.7. The second kappa shape index (κ2) is 9.04. The Morgan fingerprint density at radius 3 is 2.50 bits per heavy atom. The number of carbonyl (C=O) groups excluding carboxylic acids is 3. The zero-order valence-electron chi connectivity index (χ0n) is 18.1. The van der Waals surface area contributed by atoms with Gasteiger partial charge in [0.05, 0.1) is 17.5 Å². The summed E-state index contributed by atoms with van der Waals surface area (Å²) in [6, 6.07) is 15.5. The van der Waals surface area contributed by atoms with Crippen LogP contribution >= 0.6 is 11.3 Å². The van der Waals surface area contributed by atoms with Crippen LogP contribution in [0.15, 0.2) is 53.9 Å². The highest BCUT2D eigenvalue weighted by Crippen LogP contribution is 2.36. The van der Waals surface area contributed by atoms with Gasteiger partial charge in [-0.3, -0.25) is 19.7 Å². The van der Waals surface area contributed by atoms with Gasteiger partial charge in [-0.2, -0.15) is 0 Å². The standard InChI is InChI=1S/C25H25N3O3S/c1-3-25(13-12-21(29)28-24(25)31)18-8-10-19(11-9-18)26-22(30)14-20-15-32-23(27-20)17-6-4-16(2)5-7-17/h4-11,15H,3,12-14H2,1-2H3,(H,26,30)(H,28,29,31). The van der Waals surface area contributed by atoms with Gasteiger partial charge < -0.3 is 5.32 Å². The number of aromatic nitrogens is 1. The molecule has 7 heteroatoms. The highest BCUT2D eigenvalue weighted by atomic mass is 32.1. The molecule has 1 unspecified atom stereocenters. The third kappa shape index (κ3) is 4.48. The van der Waals surface area contributed by atoms with Crippen LogP contribution in [0.25, 0.3) is 10.6 Å². The molecule has 0 radical (unpaired) electrons. The highest BCUT2D eigenvalue weighted by Gasteiger charge is 2.42. The van der Waals surface area contributed by atoms with Crippen molar-refractivity contribution in [3.05, 3.63) is 70.7 Å². The molecule has 6 nitrogen and oxygen atoms in total. The molecule has 0 aliphatic carbocycles. The molecular formula is C25H25N3O3S. The Hall–Kier alpha value is -3.32. The van der Waals surface area contributed by atoms with E-state index in [4.69, 9.17) is 0 Å². The Labute approximate surface area is 191 Å². The van der Waals surface area contributed by atoms with E-state index in [0.717, 1.165) is 21.8 Å². The van der Waals surface area contributed by atoms with Gasteiger partial charge in [-0.15, -0.1) is 11.3 Å². The number of hydrogen-bond donors (Lipinski definition) is 2. The number of amides is 3. The normalized spacial score (nSPS) is 18.3. The van der Waals surface area contributed by atoms with Gasteiger partial charge in [0.1, 0.15) is 5.01 Å². The molecule has 2 N–H and O–H groups in total. The van der Waals surface area contributed by atoms with Crippen LogP contribution in [0.5, 0.6) is 0 Å². The number of nitrogens with zero attached hydrogens (tertiary/aromatic N) is 1. The molecule has 0 bridgehead atoms. The quantitative estimate of drug-likeness (QED) is 0.549. The molecule has 0 spiro atoms. The molecule has 1 aromatic heterocycles. The summed E-state index contributed by atoms with van der Waals surface area (Å²) in [5.41, 5.74) is 3.77. The number of rotatable bonds is 6. The molecule has 3 aromatic rings. The van der Waals surface area contributed by atoms with E-state index in [1.807, 2.05) is 55.6 Å². The number of aryl methyl sites for hydroxylation is 1. The lowest BCUT2D eigenvalue weighted by Crippen LogP contribution is -2.51. The molecule has 2 aromatic carbocycles. The van der Waals surface area contributed by atoms with Crippen LogP contribution in [-0.4, -0.2) is 22.7 Å². The van der Waals surface area contributed by atoms with E-state index in [0.29, 0.717) is 24.9 Å². The van der Waals surface area contributed by atoms with E-state index in [1.54, 1.807) is 12.1 Å². The van der Waals surface area contributed by atoms with E-state index < -0.39 is 5.41 Å². The second-order valence-electron chi connectivity index (χ2n) is 8.13. The van der Waals surface area contributed by atoms with Gasteiger partial charge >= 0.3 is 0 Å². The Bertz CT molecular complexity index is 1150. The monoisotopic (exact) mass is 447 g/mol. The first-order valence-corrected chi connectivity index (χ1v) is 11.5. The molecular weight excluding hydrogens is 422 g/mol. The number of anilines is 1. The third-order valence-corrected chi connectivity index (χ3v) is 6.92. The Balaban J connectivity index is 1.40. The third-order valence-electron chi connectivity index (χ3n) is 5.98. The SMILES string of the molecule is CCC1(c2ccc(NC(=O)Cc3csc(-c4ccc(C)cc4)n3)cc2)CCC(=O)NC1=O. The fourth-order valence-electron chi connectivity index (χ4n) is 4.03. The van der Waals surface area contributed by atoms with Gasteiger partial charge in [-0.1, -0.05) is 48.9 Å². The summed E-state index contributed by atoms with van der Waals surface area (Å²) in [5.74, 6) is -0.624. The fourth-order valence-corrected chi connectivity index (χ4v) is 4.85. The van der Waals surface area contributed by atoms with Gasteiger partial charge in [0, 0.05) is 23.1 Å². The maximum absolute atomic E-state index is 12.5. The van der Waals surface area contributed by atoms with Crippen LogP contribution in [-0.2, 0) is 26.2 Å². The van der Waals surface area contributed by atoms with Crippen LogP contribution in [0, 0.1) is 6.92 Å². The van der Waals surface area contributed by atoms with Crippen LogP contribution in [0.2, 0.25) is 0 Å². The summed E-state index contributed by atoms with van der Waals surface area (Å²) in [6.07, 6.45) is 1.61. The van der Waals surface area contributed by atoms with Crippen molar-refractivity contribution in [2.75, 3.05) is 5.32 Å². The zero-order valence-corrected chi connectivity index (χ0v) is 18.9. The van der Waals surface area contributed by atoms with Crippen molar-refractivity contribution in [1.29, 1.82) is 0 Å². The number of thiazole rings is 1. The molecule has 2 heterocycles. The lowest BCUT2D eigenvalue weighted by atomic mass is 9.72. The number of benzene rings is 2. The molecule has 0 saturated carbocycles. The number of nitrogens with one attached hydrogen (secondary N) is 2. The van der Waals surface area contributed by atoms with E-state index in [2.05, 4.69) is 15.6 Å². The van der Waals surface area contributed by atoms with Crippen LogP contribution in [0.3, 0.4) is 0 Å². The average molecular weight is 448 g/mol. The molecule has 1 aliphatic rings. The summed E-state index contributed by atoms with van der Waals surface area (Å²) < 4.78 is 0. The number of hydrogen-bond acceptors (Lipinski definition) is 5. The van der Waals surface area contributed by atoms with Gasteiger partial charge in [0.25, 0.3) is 0 Å². The molecule has 1 aliphatic heterocycles. The van der Waals surface area contributed by atoms with Gasteiger partial charge in [-0.25, -0.2) is 4.98 Å². The molecule has 1 atom stereocenters. The van der Waals surface area contributed by atoms with E-state index >= 15 is 0 Å². The van der Waals surface area contributed by atoms with Crippen molar-refractivity contribution in [1.82, 2.24) is 10.3 Å². The average Bonchev–Trinajstić information content (AvgIpc) is 3.24. The van der Waals surface area contributed by atoms with Crippen molar-refractivity contribution >= 4 is 34.7 Å². The van der Waals surface area contributed by atoms with Crippen LogP contribution < -0.4 is 10.6 Å². The largest absolute Gasteiger partial charge is 0.326 e. The Morgan fingerprint density at radius 1 is 1.12 bits per heavy atom. The predicted molar refractivity (Wildman–Crippen MR) is 125 cm³/mol. The topological polar surface area (TPSA) is 88.2 Å². The van der Waals surface area contributed by atoms with Gasteiger partial charge in [0.2, 0.25) is 17.7 Å².